The Morgan fingerprint density at radius 1 is 0.862 bits per heavy atom. The number of likely N-dealkylation sites (tertiary alicyclic amines) is 1. The van der Waals surface area contributed by atoms with Crippen LogP contribution in [0.1, 0.15) is 45.8 Å². The first-order chi connectivity index (χ1) is 13.5. The summed E-state index contributed by atoms with van der Waals surface area (Å²) in [6.07, 6.45) is -8.82. The number of alkyl halides is 6. The van der Waals surface area contributed by atoms with E-state index in [4.69, 9.17) is 0 Å². The minimum atomic E-state index is -4.87. The molecule has 3 rings (SSSR count). The van der Waals surface area contributed by atoms with Crippen molar-refractivity contribution in [2.45, 2.75) is 31.1 Å². The van der Waals surface area contributed by atoms with Gasteiger partial charge in [-0.3, -0.25) is 4.79 Å². The van der Waals surface area contributed by atoms with E-state index in [1.54, 1.807) is 0 Å². The minimum absolute atomic E-state index is 0.123. The molecule has 0 aliphatic carbocycles. The molecule has 0 N–H and O–H groups in total. The van der Waals surface area contributed by atoms with Crippen LogP contribution in [-0.4, -0.2) is 23.9 Å². The molecule has 0 atom stereocenters. The highest BCUT2D eigenvalue weighted by atomic mass is 19.4. The highest BCUT2D eigenvalue weighted by molar-refractivity contribution is 5.94. The van der Waals surface area contributed by atoms with E-state index < -0.39 is 41.1 Å². The zero-order valence-electron chi connectivity index (χ0n) is 14.9. The lowest BCUT2D eigenvalue weighted by atomic mass is 9.86. The SMILES string of the molecule is O=C(c1ccc(C(F)(F)F)c(F)c1)N1CCC(c2ccccc2C(F)(F)F)CC1. The van der Waals surface area contributed by atoms with Gasteiger partial charge in [0, 0.05) is 18.7 Å². The molecule has 0 spiro atoms. The summed E-state index contributed by atoms with van der Waals surface area (Å²) in [6, 6.07) is 7.20. The largest absolute Gasteiger partial charge is 0.419 e. The Kier molecular flexibility index (Phi) is 5.60. The second-order valence-electron chi connectivity index (χ2n) is 6.84. The van der Waals surface area contributed by atoms with Gasteiger partial charge in [0.1, 0.15) is 5.82 Å². The Bertz CT molecular complexity index is 896. The van der Waals surface area contributed by atoms with Gasteiger partial charge >= 0.3 is 12.4 Å². The Morgan fingerprint density at radius 3 is 2.00 bits per heavy atom. The molecule has 0 unspecified atom stereocenters. The molecule has 0 saturated carbocycles. The van der Waals surface area contributed by atoms with E-state index in [0.29, 0.717) is 12.1 Å². The molecule has 2 nitrogen and oxygen atoms in total. The Morgan fingerprint density at radius 2 is 1.45 bits per heavy atom. The van der Waals surface area contributed by atoms with Gasteiger partial charge in [0.15, 0.2) is 0 Å². The standard InChI is InChI=1S/C20H16F7NO/c21-17-11-13(5-6-16(17)20(25,26)27)18(29)28-9-7-12(8-10-28)14-3-1-2-4-15(14)19(22,23)24/h1-6,11-12H,7-10H2. The van der Waals surface area contributed by atoms with E-state index in [2.05, 4.69) is 0 Å². The number of amides is 1. The van der Waals surface area contributed by atoms with Gasteiger partial charge in [0.2, 0.25) is 0 Å². The van der Waals surface area contributed by atoms with Gasteiger partial charge in [0.25, 0.3) is 5.91 Å². The number of nitrogens with zero attached hydrogens (tertiary/aromatic N) is 1. The van der Waals surface area contributed by atoms with Crippen molar-refractivity contribution in [3.8, 4) is 0 Å². The smallest absolute Gasteiger partial charge is 0.339 e. The number of carbonyl (C=O) groups is 1. The van der Waals surface area contributed by atoms with E-state index >= 15 is 0 Å². The summed E-state index contributed by atoms with van der Waals surface area (Å²) < 4.78 is 91.3. The van der Waals surface area contributed by atoms with E-state index in [1.165, 1.54) is 23.1 Å². The fourth-order valence-corrected chi connectivity index (χ4v) is 3.57. The number of hydrogen-bond donors (Lipinski definition) is 0. The number of rotatable bonds is 2. The first-order valence-electron chi connectivity index (χ1n) is 8.80. The molecule has 1 fully saturated rings. The molecular weight excluding hydrogens is 403 g/mol. The van der Waals surface area contributed by atoms with Crippen molar-refractivity contribution >= 4 is 5.91 Å². The summed E-state index contributed by atoms with van der Waals surface area (Å²) in [4.78, 5) is 13.8. The van der Waals surface area contributed by atoms with Crippen LogP contribution in [0.15, 0.2) is 42.5 Å². The molecule has 1 aliphatic heterocycles. The lowest BCUT2D eigenvalue weighted by Gasteiger charge is -2.33. The molecule has 1 amide bonds. The maximum Gasteiger partial charge on any atom is 0.419 e. The number of halogens is 7. The third-order valence-electron chi connectivity index (χ3n) is 5.01. The van der Waals surface area contributed by atoms with Gasteiger partial charge in [-0.2, -0.15) is 26.3 Å². The molecule has 1 aliphatic rings. The lowest BCUT2D eigenvalue weighted by Crippen LogP contribution is -2.38. The average molecular weight is 419 g/mol. The maximum absolute atomic E-state index is 13.7. The fraction of sp³-hybridized carbons (Fsp3) is 0.350. The van der Waals surface area contributed by atoms with Crippen LogP contribution in [0.3, 0.4) is 0 Å². The van der Waals surface area contributed by atoms with Crippen LogP contribution in [0.2, 0.25) is 0 Å². The van der Waals surface area contributed by atoms with Crippen molar-refractivity contribution in [1.29, 1.82) is 0 Å². The molecule has 1 heterocycles. The molecule has 2 aromatic rings. The van der Waals surface area contributed by atoms with Crippen molar-refractivity contribution in [1.82, 2.24) is 4.90 Å². The number of piperidine rings is 1. The normalized spacial score (nSPS) is 16.2. The molecule has 0 bridgehead atoms. The Labute approximate surface area is 161 Å². The summed E-state index contributed by atoms with van der Waals surface area (Å²) in [5.74, 6) is -2.60. The molecule has 1 saturated heterocycles. The van der Waals surface area contributed by atoms with Crippen LogP contribution >= 0.6 is 0 Å². The number of carbonyl (C=O) groups excluding carboxylic acids is 1. The summed E-state index contributed by atoms with van der Waals surface area (Å²) in [5, 5.41) is 0. The van der Waals surface area contributed by atoms with Crippen LogP contribution in [0, 0.1) is 5.82 Å². The summed E-state index contributed by atoms with van der Waals surface area (Å²) in [7, 11) is 0. The molecule has 156 valence electrons. The Hall–Kier alpha value is -2.58. The molecule has 0 aromatic heterocycles. The van der Waals surface area contributed by atoms with Crippen LogP contribution in [0.4, 0.5) is 30.7 Å². The Balaban J connectivity index is 1.72. The zero-order valence-corrected chi connectivity index (χ0v) is 14.9. The van der Waals surface area contributed by atoms with Gasteiger partial charge in [-0.25, -0.2) is 4.39 Å². The van der Waals surface area contributed by atoms with Gasteiger partial charge in [-0.1, -0.05) is 18.2 Å². The monoisotopic (exact) mass is 419 g/mol. The van der Waals surface area contributed by atoms with Crippen molar-refractivity contribution in [3.05, 3.63) is 70.5 Å². The predicted octanol–water partition coefficient (Wildman–Crippen LogP) is 5.88. The van der Waals surface area contributed by atoms with E-state index in [0.717, 1.165) is 12.1 Å². The third-order valence-corrected chi connectivity index (χ3v) is 5.01. The van der Waals surface area contributed by atoms with E-state index in [9.17, 15) is 35.5 Å². The number of benzene rings is 2. The highest BCUT2D eigenvalue weighted by Crippen LogP contribution is 2.39. The molecule has 2 aromatic carbocycles. The second kappa shape index (κ2) is 7.68. The third kappa shape index (κ3) is 4.54. The molecular formula is C20H16F7NO. The first kappa shape index (κ1) is 21.1. The van der Waals surface area contributed by atoms with Crippen molar-refractivity contribution < 1.29 is 35.5 Å². The fourth-order valence-electron chi connectivity index (χ4n) is 3.57. The second-order valence-corrected chi connectivity index (χ2v) is 6.84. The van der Waals surface area contributed by atoms with Crippen LogP contribution in [-0.2, 0) is 12.4 Å². The van der Waals surface area contributed by atoms with Crippen molar-refractivity contribution in [3.63, 3.8) is 0 Å². The van der Waals surface area contributed by atoms with E-state index in [1.807, 2.05) is 0 Å². The average Bonchev–Trinajstić information content (AvgIpc) is 2.66. The minimum Gasteiger partial charge on any atom is -0.339 e. The van der Waals surface area contributed by atoms with Gasteiger partial charge in [-0.15, -0.1) is 0 Å². The zero-order chi connectivity index (χ0) is 21.4. The summed E-state index contributed by atoms with van der Waals surface area (Å²) in [5.41, 5.74) is -2.25. The predicted molar refractivity (Wildman–Crippen MR) is 90.7 cm³/mol. The van der Waals surface area contributed by atoms with Gasteiger partial charge in [-0.05, 0) is 48.6 Å². The topological polar surface area (TPSA) is 20.3 Å². The van der Waals surface area contributed by atoms with E-state index in [-0.39, 0.29) is 37.1 Å². The molecule has 0 radical (unpaired) electrons. The van der Waals surface area contributed by atoms with Gasteiger partial charge < -0.3 is 4.90 Å². The summed E-state index contributed by atoms with van der Waals surface area (Å²) >= 11 is 0. The van der Waals surface area contributed by atoms with Crippen LogP contribution in [0.5, 0.6) is 0 Å². The lowest BCUT2D eigenvalue weighted by molar-refractivity contribution is -0.140. The molecule has 9 heteroatoms. The van der Waals surface area contributed by atoms with Crippen molar-refractivity contribution in [2.24, 2.45) is 0 Å². The number of hydrogen-bond acceptors (Lipinski definition) is 1. The highest BCUT2D eigenvalue weighted by Gasteiger charge is 2.37. The molecule has 29 heavy (non-hydrogen) atoms. The summed E-state index contributed by atoms with van der Waals surface area (Å²) in [6.45, 7) is 0.247. The van der Waals surface area contributed by atoms with Crippen LogP contribution in [0.25, 0.3) is 0 Å². The first-order valence-corrected chi connectivity index (χ1v) is 8.80. The van der Waals surface area contributed by atoms with Crippen LogP contribution < -0.4 is 0 Å². The quantitative estimate of drug-likeness (QED) is 0.557. The maximum atomic E-state index is 13.7. The van der Waals surface area contributed by atoms with Gasteiger partial charge in [0.05, 0.1) is 11.1 Å². The van der Waals surface area contributed by atoms with Crippen molar-refractivity contribution in [2.75, 3.05) is 13.1 Å².